The smallest absolute Gasteiger partial charge is 0.250 e. The van der Waals surface area contributed by atoms with Crippen molar-refractivity contribution in [2.75, 3.05) is 13.2 Å². The van der Waals surface area contributed by atoms with Crippen LogP contribution in [0.2, 0.25) is 0 Å². The fourth-order valence-corrected chi connectivity index (χ4v) is 6.28. The molecule has 3 atom stereocenters. The van der Waals surface area contributed by atoms with Gasteiger partial charge in [-0.3, -0.25) is 14.4 Å². The van der Waals surface area contributed by atoms with Crippen molar-refractivity contribution in [3.63, 3.8) is 0 Å². The van der Waals surface area contributed by atoms with E-state index in [0.717, 1.165) is 27.5 Å². The molecule has 8 nitrogen and oxygen atoms in total. The molecule has 2 saturated heterocycles. The van der Waals surface area contributed by atoms with E-state index in [0.29, 0.717) is 13.0 Å². The van der Waals surface area contributed by atoms with Gasteiger partial charge in [0.15, 0.2) is 0 Å². The van der Waals surface area contributed by atoms with Gasteiger partial charge in [-0.2, -0.15) is 0 Å². The van der Waals surface area contributed by atoms with Crippen LogP contribution in [0.5, 0.6) is 5.75 Å². The number of piperazine rings is 1. The van der Waals surface area contributed by atoms with Gasteiger partial charge in [-0.25, -0.2) is 0 Å². The molecule has 0 aliphatic carbocycles. The first kappa shape index (κ1) is 27.5. The SMILES string of the molecule is O=C1[C@H](Cc2ccc(O)cc2)N2C(=O)[C@H](CO)N(C(=O)CCc3ccccc3)[C@H]2CN1Cc1cccc2ccccc12. The summed E-state index contributed by atoms with van der Waals surface area (Å²) in [6.45, 7) is -0.0551. The Hall–Kier alpha value is -4.69. The van der Waals surface area contributed by atoms with Crippen LogP contribution < -0.4 is 0 Å². The molecule has 4 aromatic rings. The Morgan fingerprint density at radius 2 is 1.50 bits per heavy atom. The third kappa shape index (κ3) is 5.21. The van der Waals surface area contributed by atoms with E-state index < -0.39 is 30.8 Å². The number of nitrogens with zero attached hydrogens (tertiary/aromatic N) is 3. The molecule has 2 N–H and O–H groups in total. The van der Waals surface area contributed by atoms with Crippen molar-refractivity contribution < 1.29 is 24.6 Å². The van der Waals surface area contributed by atoms with E-state index in [1.807, 2.05) is 72.8 Å². The second-order valence-corrected chi connectivity index (χ2v) is 11.0. The van der Waals surface area contributed by atoms with Crippen LogP contribution in [0.25, 0.3) is 10.8 Å². The lowest BCUT2D eigenvalue weighted by Gasteiger charge is -2.44. The number of fused-ring (bicyclic) bond motifs is 2. The van der Waals surface area contributed by atoms with Gasteiger partial charge in [-0.1, -0.05) is 84.9 Å². The number of aliphatic hydroxyl groups excluding tert-OH is 1. The van der Waals surface area contributed by atoms with Crippen molar-refractivity contribution in [1.29, 1.82) is 0 Å². The highest BCUT2D eigenvalue weighted by Crippen LogP contribution is 2.33. The zero-order chi connectivity index (χ0) is 29.2. The maximum Gasteiger partial charge on any atom is 0.250 e. The predicted molar refractivity (Wildman–Crippen MR) is 158 cm³/mol. The molecule has 0 spiro atoms. The summed E-state index contributed by atoms with van der Waals surface area (Å²) >= 11 is 0. The van der Waals surface area contributed by atoms with E-state index in [2.05, 4.69) is 0 Å². The van der Waals surface area contributed by atoms with Crippen molar-refractivity contribution in [2.24, 2.45) is 0 Å². The average molecular weight is 564 g/mol. The Bertz CT molecular complexity index is 1600. The number of rotatable bonds is 8. The van der Waals surface area contributed by atoms with Crippen LogP contribution in [0.15, 0.2) is 97.1 Å². The fourth-order valence-electron chi connectivity index (χ4n) is 6.28. The Morgan fingerprint density at radius 1 is 0.786 bits per heavy atom. The molecule has 2 heterocycles. The molecule has 4 aromatic carbocycles. The van der Waals surface area contributed by atoms with E-state index in [1.165, 1.54) is 9.80 Å². The second-order valence-electron chi connectivity index (χ2n) is 11.0. The van der Waals surface area contributed by atoms with Crippen LogP contribution >= 0.6 is 0 Å². The number of carbonyl (C=O) groups excluding carboxylic acids is 3. The summed E-state index contributed by atoms with van der Waals surface area (Å²) in [4.78, 5) is 46.3. The minimum atomic E-state index is -1.05. The number of hydrogen-bond acceptors (Lipinski definition) is 5. The van der Waals surface area contributed by atoms with E-state index in [4.69, 9.17) is 0 Å². The lowest BCUT2D eigenvalue weighted by molar-refractivity contribution is -0.156. The van der Waals surface area contributed by atoms with Crippen LogP contribution in [-0.4, -0.2) is 74.0 Å². The molecule has 0 saturated carbocycles. The third-order valence-electron chi connectivity index (χ3n) is 8.37. The minimum absolute atomic E-state index is 0.108. The molecule has 6 rings (SSSR count). The van der Waals surface area contributed by atoms with Gasteiger partial charge < -0.3 is 24.9 Å². The van der Waals surface area contributed by atoms with Crippen LogP contribution in [0.4, 0.5) is 0 Å². The van der Waals surface area contributed by atoms with E-state index in [9.17, 15) is 24.6 Å². The molecule has 2 aliphatic heterocycles. The van der Waals surface area contributed by atoms with Crippen molar-refractivity contribution >= 4 is 28.5 Å². The molecule has 3 amide bonds. The third-order valence-corrected chi connectivity index (χ3v) is 8.37. The zero-order valence-corrected chi connectivity index (χ0v) is 23.2. The summed E-state index contributed by atoms with van der Waals surface area (Å²) in [7, 11) is 0. The summed E-state index contributed by atoms with van der Waals surface area (Å²) in [6, 6.07) is 28.3. The van der Waals surface area contributed by atoms with Crippen LogP contribution in [0, 0.1) is 0 Å². The van der Waals surface area contributed by atoms with E-state index in [1.54, 1.807) is 29.2 Å². The number of phenols is 1. The number of aryl methyl sites for hydroxylation is 1. The molecule has 0 bridgehead atoms. The quantitative estimate of drug-likeness (QED) is 0.342. The zero-order valence-electron chi connectivity index (χ0n) is 23.2. The molecule has 8 heteroatoms. The molecule has 214 valence electrons. The lowest BCUT2D eigenvalue weighted by Crippen LogP contribution is -2.64. The van der Waals surface area contributed by atoms with Crippen LogP contribution in [0.1, 0.15) is 23.1 Å². The van der Waals surface area contributed by atoms with Crippen molar-refractivity contribution in [3.05, 3.63) is 114 Å². The van der Waals surface area contributed by atoms with Gasteiger partial charge in [-0.15, -0.1) is 0 Å². The number of hydrogen-bond donors (Lipinski definition) is 2. The molecular formula is C34H33N3O5. The summed E-state index contributed by atoms with van der Waals surface area (Å²) in [5.74, 6) is -0.757. The number of carbonyl (C=O) groups is 3. The first-order valence-electron chi connectivity index (χ1n) is 14.3. The predicted octanol–water partition coefficient (Wildman–Crippen LogP) is 3.49. The molecular weight excluding hydrogens is 530 g/mol. The highest BCUT2D eigenvalue weighted by molar-refractivity contribution is 5.97. The van der Waals surface area contributed by atoms with Gasteiger partial charge in [-0.05, 0) is 46.0 Å². The van der Waals surface area contributed by atoms with Crippen molar-refractivity contribution in [3.8, 4) is 5.75 Å². The molecule has 0 unspecified atom stereocenters. The van der Waals surface area contributed by atoms with Gasteiger partial charge in [0, 0.05) is 19.4 Å². The topological polar surface area (TPSA) is 101 Å². The average Bonchev–Trinajstić information content (AvgIpc) is 3.30. The standard InChI is InChI=1S/C34H33N3O5/c38-22-30-34(42)37-29(19-24-13-16-27(39)17-14-24)33(41)35(20-26-11-6-10-25-9-4-5-12-28(25)26)21-31(37)36(30)32(40)18-15-23-7-2-1-3-8-23/h1-14,16-17,29-31,38-39H,15,18-22H2/t29-,30-,31+/m0/s1. The van der Waals surface area contributed by atoms with Crippen molar-refractivity contribution in [2.45, 2.75) is 44.1 Å². The molecule has 42 heavy (non-hydrogen) atoms. The molecule has 0 radical (unpaired) electrons. The Labute approximate surface area is 244 Å². The first-order valence-corrected chi connectivity index (χ1v) is 14.3. The van der Waals surface area contributed by atoms with E-state index >= 15 is 0 Å². The number of phenolic OH excluding ortho intramolecular Hbond substituents is 1. The molecule has 2 fully saturated rings. The number of amides is 3. The van der Waals surface area contributed by atoms with Crippen LogP contribution in [-0.2, 0) is 33.8 Å². The van der Waals surface area contributed by atoms with Crippen molar-refractivity contribution in [1.82, 2.24) is 14.7 Å². The van der Waals surface area contributed by atoms with Gasteiger partial charge in [0.2, 0.25) is 17.7 Å². The Balaban J connectivity index is 1.34. The largest absolute Gasteiger partial charge is 0.508 e. The van der Waals surface area contributed by atoms with Gasteiger partial charge in [0.25, 0.3) is 0 Å². The molecule has 0 aromatic heterocycles. The number of aromatic hydroxyl groups is 1. The monoisotopic (exact) mass is 563 g/mol. The Kier molecular flexibility index (Phi) is 7.63. The maximum absolute atomic E-state index is 14.1. The van der Waals surface area contributed by atoms with Gasteiger partial charge in [0.05, 0.1) is 13.2 Å². The van der Waals surface area contributed by atoms with Gasteiger partial charge in [0.1, 0.15) is 24.0 Å². The maximum atomic E-state index is 14.1. The number of aliphatic hydroxyl groups is 1. The fraction of sp³-hybridized carbons (Fsp3) is 0.265. The summed E-state index contributed by atoms with van der Waals surface area (Å²) < 4.78 is 0. The second kappa shape index (κ2) is 11.7. The molecule has 2 aliphatic rings. The van der Waals surface area contributed by atoms with Crippen LogP contribution in [0.3, 0.4) is 0 Å². The minimum Gasteiger partial charge on any atom is -0.508 e. The summed E-state index contributed by atoms with van der Waals surface area (Å²) in [6.07, 6.45) is 0.202. The summed E-state index contributed by atoms with van der Waals surface area (Å²) in [5.41, 5.74) is 2.76. The normalized spacial score (nSPS) is 20.3. The highest BCUT2D eigenvalue weighted by Gasteiger charge is 2.55. The first-order chi connectivity index (χ1) is 20.4. The lowest BCUT2D eigenvalue weighted by atomic mass is 9.98. The Morgan fingerprint density at radius 3 is 2.26 bits per heavy atom. The summed E-state index contributed by atoms with van der Waals surface area (Å²) in [5, 5.41) is 22.2. The highest BCUT2D eigenvalue weighted by atomic mass is 16.3. The van der Waals surface area contributed by atoms with Gasteiger partial charge >= 0.3 is 0 Å². The van der Waals surface area contributed by atoms with E-state index in [-0.39, 0.29) is 37.0 Å². The number of benzene rings is 4.